The van der Waals surface area contributed by atoms with E-state index in [0.717, 1.165) is 6.07 Å². The van der Waals surface area contributed by atoms with Crippen molar-refractivity contribution in [3.8, 4) is 5.75 Å². The molecule has 0 aromatic heterocycles. The molecule has 21 heavy (non-hydrogen) atoms. The van der Waals surface area contributed by atoms with Crippen LogP contribution in [0.3, 0.4) is 0 Å². The fourth-order valence-electron chi connectivity index (χ4n) is 1.84. The van der Waals surface area contributed by atoms with Crippen LogP contribution in [0.4, 0.5) is 4.39 Å². The van der Waals surface area contributed by atoms with E-state index in [-0.39, 0.29) is 11.3 Å². The minimum absolute atomic E-state index is 0.00228. The number of carboxylic acid groups (broad SMARTS) is 1. The van der Waals surface area contributed by atoms with Gasteiger partial charge in [-0.15, -0.1) is 0 Å². The molecule has 1 aromatic carbocycles. The first-order chi connectivity index (χ1) is 9.94. The van der Waals surface area contributed by atoms with Gasteiger partial charge in [0.1, 0.15) is 6.10 Å². The Morgan fingerprint density at radius 3 is 2.48 bits per heavy atom. The third-order valence-corrected chi connectivity index (χ3v) is 2.99. The molecule has 0 spiro atoms. The van der Waals surface area contributed by atoms with Crippen LogP contribution in [0.5, 0.6) is 5.75 Å². The molecule has 0 bridgehead atoms. The quantitative estimate of drug-likeness (QED) is 0.797. The molecule has 7 heteroatoms. The molecule has 0 saturated heterocycles. The van der Waals surface area contributed by atoms with E-state index in [2.05, 4.69) is 5.32 Å². The zero-order chi connectivity index (χ0) is 16.0. The van der Waals surface area contributed by atoms with Crippen LogP contribution in [0, 0.1) is 5.82 Å². The number of ether oxygens (including phenoxy) is 2. The molecule has 2 unspecified atom stereocenters. The summed E-state index contributed by atoms with van der Waals surface area (Å²) in [5.41, 5.74) is 0.111. The molecule has 2 atom stereocenters. The highest BCUT2D eigenvalue weighted by molar-refractivity contribution is 5.87. The Labute approximate surface area is 121 Å². The summed E-state index contributed by atoms with van der Waals surface area (Å²) in [6.45, 7) is 1.73. The van der Waals surface area contributed by atoms with Gasteiger partial charge in [-0.25, -0.2) is 9.18 Å². The monoisotopic (exact) mass is 299 g/mol. The standard InChI is InChI=1S/C14H18FNO5/c1-4-10(20-2)13(17)16-12(14(18)19)8-5-6-11(21-3)9(15)7-8/h5-7,10,12H,4H2,1-3H3,(H,16,17)(H,18,19). The Morgan fingerprint density at radius 2 is 2.05 bits per heavy atom. The van der Waals surface area contributed by atoms with Gasteiger partial charge in [0.05, 0.1) is 7.11 Å². The minimum Gasteiger partial charge on any atom is -0.494 e. The van der Waals surface area contributed by atoms with Crippen molar-refractivity contribution >= 4 is 11.9 Å². The normalized spacial score (nSPS) is 13.3. The van der Waals surface area contributed by atoms with Gasteiger partial charge in [-0.05, 0) is 24.1 Å². The molecule has 1 aromatic rings. The molecule has 0 heterocycles. The summed E-state index contributed by atoms with van der Waals surface area (Å²) in [7, 11) is 2.66. The van der Waals surface area contributed by atoms with Crippen LogP contribution in [-0.4, -0.2) is 37.3 Å². The van der Waals surface area contributed by atoms with Gasteiger partial charge >= 0.3 is 5.97 Å². The number of carboxylic acids is 1. The van der Waals surface area contributed by atoms with E-state index in [1.807, 2.05) is 0 Å². The van der Waals surface area contributed by atoms with Gasteiger partial charge in [0.2, 0.25) is 5.91 Å². The second-order valence-corrected chi connectivity index (χ2v) is 4.31. The van der Waals surface area contributed by atoms with Gasteiger partial charge < -0.3 is 19.9 Å². The summed E-state index contributed by atoms with van der Waals surface area (Å²) in [6.07, 6.45) is -0.360. The number of carbonyl (C=O) groups is 2. The van der Waals surface area contributed by atoms with E-state index in [9.17, 15) is 19.1 Å². The lowest BCUT2D eigenvalue weighted by atomic mass is 10.1. The van der Waals surface area contributed by atoms with Crippen LogP contribution in [0.25, 0.3) is 0 Å². The largest absolute Gasteiger partial charge is 0.494 e. The van der Waals surface area contributed by atoms with Crippen LogP contribution < -0.4 is 10.1 Å². The number of carbonyl (C=O) groups excluding carboxylic acids is 1. The third-order valence-electron chi connectivity index (χ3n) is 2.99. The van der Waals surface area contributed by atoms with Gasteiger partial charge in [-0.2, -0.15) is 0 Å². The Bertz CT molecular complexity index is 516. The van der Waals surface area contributed by atoms with E-state index in [1.165, 1.54) is 26.4 Å². The molecule has 0 radical (unpaired) electrons. The van der Waals surface area contributed by atoms with Crippen molar-refractivity contribution in [3.05, 3.63) is 29.6 Å². The number of hydrogen-bond donors (Lipinski definition) is 2. The molecule has 0 aliphatic carbocycles. The van der Waals surface area contributed by atoms with Crippen LogP contribution in [0.15, 0.2) is 18.2 Å². The molecule has 0 fully saturated rings. The molecular weight excluding hydrogens is 281 g/mol. The van der Waals surface area contributed by atoms with E-state index in [0.29, 0.717) is 6.42 Å². The highest BCUT2D eigenvalue weighted by atomic mass is 19.1. The van der Waals surface area contributed by atoms with Crippen molar-refractivity contribution in [1.82, 2.24) is 5.32 Å². The number of methoxy groups -OCH3 is 2. The molecule has 116 valence electrons. The second-order valence-electron chi connectivity index (χ2n) is 4.31. The first-order valence-corrected chi connectivity index (χ1v) is 6.34. The van der Waals surface area contributed by atoms with Gasteiger partial charge in [-0.1, -0.05) is 13.0 Å². The number of benzene rings is 1. The van der Waals surface area contributed by atoms with Gasteiger partial charge in [0, 0.05) is 7.11 Å². The van der Waals surface area contributed by atoms with Crippen LogP contribution in [-0.2, 0) is 14.3 Å². The first-order valence-electron chi connectivity index (χ1n) is 6.34. The van der Waals surface area contributed by atoms with Crippen molar-refractivity contribution < 1.29 is 28.6 Å². The van der Waals surface area contributed by atoms with E-state index < -0.39 is 29.8 Å². The van der Waals surface area contributed by atoms with Gasteiger partial charge in [-0.3, -0.25) is 4.79 Å². The number of halogens is 1. The van der Waals surface area contributed by atoms with E-state index in [4.69, 9.17) is 9.47 Å². The van der Waals surface area contributed by atoms with Crippen LogP contribution >= 0.6 is 0 Å². The molecule has 0 saturated carbocycles. The van der Waals surface area contributed by atoms with Gasteiger partial charge in [0.25, 0.3) is 0 Å². The van der Waals surface area contributed by atoms with Crippen molar-refractivity contribution in [1.29, 1.82) is 0 Å². The highest BCUT2D eigenvalue weighted by Gasteiger charge is 2.26. The average Bonchev–Trinajstić information content (AvgIpc) is 2.45. The maximum absolute atomic E-state index is 13.6. The fourth-order valence-corrected chi connectivity index (χ4v) is 1.84. The molecule has 6 nitrogen and oxygen atoms in total. The molecular formula is C14H18FNO5. The Kier molecular flexibility index (Phi) is 6.10. The SMILES string of the molecule is CCC(OC)C(=O)NC(C(=O)O)c1ccc(OC)c(F)c1. The number of nitrogens with one attached hydrogen (secondary N) is 1. The summed E-state index contributed by atoms with van der Waals surface area (Å²) in [5.74, 6) is -2.56. The topological polar surface area (TPSA) is 84.9 Å². The van der Waals surface area contributed by atoms with Crippen molar-refractivity contribution in [3.63, 3.8) is 0 Å². The summed E-state index contributed by atoms with van der Waals surface area (Å²) in [4.78, 5) is 23.2. The maximum Gasteiger partial charge on any atom is 0.330 e. The lowest BCUT2D eigenvalue weighted by molar-refractivity contribution is -0.144. The van der Waals surface area contributed by atoms with E-state index >= 15 is 0 Å². The van der Waals surface area contributed by atoms with Crippen molar-refractivity contribution in [2.75, 3.05) is 14.2 Å². The smallest absolute Gasteiger partial charge is 0.330 e. The van der Waals surface area contributed by atoms with Crippen LogP contribution in [0.2, 0.25) is 0 Å². The van der Waals surface area contributed by atoms with Gasteiger partial charge in [0.15, 0.2) is 17.6 Å². The fraction of sp³-hybridized carbons (Fsp3) is 0.429. The first kappa shape index (κ1) is 16.9. The van der Waals surface area contributed by atoms with Crippen molar-refractivity contribution in [2.24, 2.45) is 0 Å². The van der Waals surface area contributed by atoms with E-state index in [1.54, 1.807) is 6.92 Å². The summed E-state index contributed by atoms with van der Waals surface area (Å²) < 4.78 is 23.4. The predicted molar refractivity (Wildman–Crippen MR) is 72.6 cm³/mol. The summed E-state index contributed by atoms with van der Waals surface area (Å²) in [6, 6.07) is 2.35. The Morgan fingerprint density at radius 1 is 1.38 bits per heavy atom. The Balaban J connectivity index is 3.00. The zero-order valence-corrected chi connectivity index (χ0v) is 12.1. The van der Waals surface area contributed by atoms with Crippen LogP contribution in [0.1, 0.15) is 24.9 Å². The molecule has 0 aliphatic heterocycles. The molecule has 2 N–H and O–H groups in total. The predicted octanol–water partition coefficient (Wildman–Crippen LogP) is 1.50. The maximum atomic E-state index is 13.6. The molecule has 1 amide bonds. The minimum atomic E-state index is -1.36. The van der Waals surface area contributed by atoms with Crippen molar-refractivity contribution in [2.45, 2.75) is 25.5 Å². The number of hydrogen-bond acceptors (Lipinski definition) is 4. The lowest BCUT2D eigenvalue weighted by Gasteiger charge is -2.19. The lowest BCUT2D eigenvalue weighted by Crippen LogP contribution is -2.40. The molecule has 1 rings (SSSR count). The zero-order valence-electron chi connectivity index (χ0n) is 12.1. The number of rotatable bonds is 7. The molecule has 0 aliphatic rings. The second kappa shape index (κ2) is 7.58. The average molecular weight is 299 g/mol. The summed E-state index contributed by atoms with van der Waals surface area (Å²) in [5, 5.41) is 11.5. The summed E-state index contributed by atoms with van der Waals surface area (Å²) >= 11 is 0. The highest BCUT2D eigenvalue weighted by Crippen LogP contribution is 2.22. The number of aliphatic carboxylic acids is 1. The Hall–Kier alpha value is -2.15. The number of amides is 1. The third kappa shape index (κ3) is 4.16.